The number of thiophene rings is 1. The summed E-state index contributed by atoms with van der Waals surface area (Å²) in [5.41, 5.74) is 0. The molecule has 0 radical (unpaired) electrons. The number of rotatable bonds is 9. The summed E-state index contributed by atoms with van der Waals surface area (Å²) in [6.45, 7) is 2.06. The fraction of sp³-hybridized carbons (Fsp3) is 0.444. The maximum Gasteiger partial charge on any atom is 0.239 e. The quantitative estimate of drug-likeness (QED) is 0.530. The Morgan fingerprint density at radius 3 is 2.93 bits per heavy atom. The minimum Gasteiger partial charge on any atom is -0.351 e. The Kier molecular flexibility index (Phi) is 7.67. The van der Waals surface area contributed by atoms with Crippen LogP contribution in [-0.4, -0.2) is 76.7 Å². The van der Waals surface area contributed by atoms with Crippen LogP contribution in [0.15, 0.2) is 22.7 Å². The molecule has 0 aliphatic carbocycles. The lowest BCUT2D eigenvalue weighted by Gasteiger charge is -2.21. The minimum absolute atomic E-state index is 0.0389. The Morgan fingerprint density at radius 2 is 2.27 bits per heavy atom. The van der Waals surface area contributed by atoms with Gasteiger partial charge in [0.05, 0.1) is 23.8 Å². The Hall–Kier alpha value is -2.18. The molecule has 3 rings (SSSR count). The van der Waals surface area contributed by atoms with Crippen LogP contribution in [0.1, 0.15) is 24.0 Å². The number of carbonyl (C=O) groups excluding carboxylic acids is 2. The third-order valence-electron chi connectivity index (χ3n) is 4.42. The number of aromatic amines is 1. The van der Waals surface area contributed by atoms with Gasteiger partial charge in [0.25, 0.3) is 0 Å². The van der Waals surface area contributed by atoms with E-state index in [2.05, 4.69) is 20.5 Å². The molecular formula is C18H23N5O4S3. The SMILES string of the molecule is CCN(CC(=O)NC1CCS(=O)(=O)C1)C(=O)CSc1n[nH]c(/C=C/c2cccs2)n1. The highest BCUT2D eigenvalue weighted by atomic mass is 32.2. The molecule has 1 atom stereocenters. The molecule has 0 bridgehead atoms. The van der Waals surface area contributed by atoms with Gasteiger partial charge in [0.15, 0.2) is 9.84 Å². The van der Waals surface area contributed by atoms with Crippen LogP contribution in [0.25, 0.3) is 12.2 Å². The number of hydrogen-bond acceptors (Lipinski definition) is 8. The average molecular weight is 470 g/mol. The molecule has 1 fully saturated rings. The molecule has 2 N–H and O–H groups in total. The molecule has 9 nitrogen and oxygen atoms in total. The van der Waals surface area contributed by atoms with Gasteiger partial charge in [-0.15, -0.1) is 16.4 Å². The van der Waals surface area contributed by atoms with Gasteiger partial charge in [-0.05, 0) is 36.9 Å². The van der Waals surface area contributed by atoms with Gasteiger partial charge in [0.2, 0.25) is 17.0 Å². The van der Waals surface area contributed by atoms with Crippen molar-refractivity contribution in [1.29, 1.82) is 0 Å². The second-order valence-corrected chi connectivity index (χ2v) is 10.9. The lowest BCUT2D eigenvalue weighted by molar-refractivity contribution is -0.134. The first kappa shape index (κ1) is 22.5. The molecule has 12 heteroatoms. The van der Waals surface area contributed by atoms with Crippen molar-refractivity contribution in [3.05, 3.63) is 28.2 Å². The summed E-state index contributed by atoms with van der Waals surface area (Å²) in [5, 5.41) is 12.0. The number of H-pyrrole nitrogens is 1. The summed E-state index contributed by atoms with van der Waals surface area (Å²) >= 11 is 2.81. The van der Waals surface area contributed by atoms with E-state index in [0.717, 1.165) is 4.88 Å². The van der Waals surface area contributed by atoms with Gasteiger partial charge in [0, 0.05) is 17.5 Å². The lowest BCUT2D eigenvalue weighted by Crippen LogP contribution is -2.45. The lowest BCUT2D eigenvalue weighted by atomic mass is 10.2. The number of nitrogens with zero attached hydrogens (tertiary/aromatic N) is 3. The zero-order valence-electron chi connectivity index (χ0n) is 16.4. The van der Waals surface area contributed by atoms with Gasteiger partial charge in [0.1, 0.15) is 5.82 Å². The number of hydrogen-bond donors (Lipinski definition) is 2. The Morgan fingerprint density at radius 1 is 1.43 bits per heavy atom. The molecule has 2 aromatic rings. The molecule has 1 saturated heterocycles. The van der Waals surface area contributed by atoms with Crippen molar-refractivity contribution in [2.45, 2.75) is 24.5 Å². The maximum absolute atomic E-state index is 12.5. The summed E-state index contributed by atoms with van der Waals surface area (Å²) in [6.07, 6.45) is 4.16. The molecule has 2 amide bonds. The zero-order chi connectivity index (χ0) is 21.6. The van der Waals surface area contributed by atoms with Crippen molar-refractivity contribution >= 4 is 56.9 Å². The van der Waals surface area contributed by atoms with E-state index in [1.807, 2.05) is 29.7 Å². The third kappa shape index (κ3) is 6.67. The molecule has 1 aliphatic heterocycles. The van der Waals surface area contributed by atoms with E-state index >= 15 is 0 Å². The molecule has 1 aliphatic rings. The van der Waals surface area contributed by atoms with Crippen LogP contribution in [0.2, 0.25) is 0 Å². The zero-order valence-corrected chi connectivity index (χ0v) is 18.9. The molecule has 0 saturated carbocycles. The van der Waals surface area contributed by atoms with Crippen LogP contribution < -0.4 is 5.32 Å². The largest absolute Gasteiger partial charge is 0.351 e. The van der Waals surface area contributed by atoms with Crippen molar-refractivity contribution < 1.29 is 18.0 Å². The van der Waals surface area contributed by atoms with E-state index in [-0.39, 0.29) is 41.7 Å². The number of sulfone groups is 1. The molecule has 162 valence electrons. The van der Waals surface area contributed by atoms with Crippen molar-refractivity contribution in [3.63, 3.8) is 0 Å². The van der Waals surface area contributed by atoms with Crippen molar-refractivity contribution in [2.75, 3.05) is 30.3 Å². The number of amides is 2. The highest BCUT2D eigenvalue weighted by molar-refractivity contribution is 7.99. The molecule has 0 aromatic carbocycles. The fourth-order valence-electron chi connectivity index (χ4n) is 2.89. The van der Waals surface area contributed by atoms with Gasteiger partial charge in [-0.25, -0.2) is 13.4 Å². The average Bonchev–Trinajstić information content (AvgIpc) is 3.44. The van der Waals surface area contributed by atoms with Crippen LogP contribution in [0.4, 0.5) is 0 Å². The first-order chi connectivity index (χ1) is 14.3. The summed E-state index contributed by atoms with van der Waals surface area (Å²) < 4.78 is 23.0. The van der Waals surface area contributed by atoms with E-state index in [9.17, 15) is 18.0 Å². The number of nitrogens with one attached hydrogen (secondary N) is 2. The van der Waals surface area contributed by atoms with Crippen LogP contribution in [0.5, 0.6) is 0 Å². The fourth-order valence-corrected chi connectivity index (χ4v) is 5.89. The Labute approximate surface area is 183 Å². The second-order valence-electron chi connectivity index (χ2n) is 6.72. The predicted molar refractivity (Wildman–Crippen MR) is 118 cm³/mol. The molecule has 30 heavy (non-hydrogen) atoms. The molecule has 0 spiro atoms. The number of carbonyl (C=O) groups is 2. The van der Waals surface area contributed by atoms with Crippen molar-refractivity contribution in [2.24, 2.45) is 0 Å². The van der Waals surface area contributed by atoms with Crippen molar-refractivity contribution in [1.82, 2.24) is 25.4 Å². The van der Waals surface area contributed by atoms with Crippen LogP contribution in [0, 0.1) is 0 Å². The normalized spacial score (nSPS) is 18.0. The van der Waals surface area contributed by atoms with Crippen molar-refractivity contribution in [3.8, 4) is 0 Å². The minimum atomic E-state index is -3.07. The second kappa shape index (κ2) is 10.2. The van der Waals surface area contributed by atoms with Crippen LogP contribution in [-0.2, 0) is 19.4 Å². The van der Waals surface area contributed by atoms with Gasteiger partial charge in [-0.1, -0.05) is 17.8 Å². The number of likely N-dealkylation sites (N-methyl/N-ethyl adjacent to an activating group) is 1. The number of thioether (sulfide) groups is 1. The Balaban J connectivity index is 1.45. The standard InChI is InChI=1S/C18H23N5O4S3/c1-2-23(10-16(24)19-13-7-9-30(26,27)12-13)17(25)11-29-18-20-15(21-22-18)6-5-14-4-3-8-28-14/h3-6,8,13H,2,7,9-12H2,1H3,(H,19,24)(H,20,21,22)/b6-5+. The van der Waals surface area contributed by atoms with Gasteiger partial charge < -0.3 is 10.2 Å². The van der Waals surface area contributed by atoms with Crippen LogP contribution in [0.3, 0.4) is 0 Å². The summed E-state index contributed by atoms with van der Waals surface area (Å²) in [4.78, 5) is 31.5. The third-order valence-corrected chi connectivity index (χ3v) is 7.86. The smallest absolute Gasteiger partial charge is 0.239 e. The summed E-state index contributed by atoms with van der Waals surface area (Å²) in [5.74, 6) is 0.185. The highest BCUT2D eigenvalue weighted by Gasteiger charge is 2.29. The molecule has 3 heterocycles. The Bertz CT molecular complexity index is 1000. The summed E-state index contributed by atoms with van der Waals surface area (Å²) in [6, 6.07) is 3.58. The number of aromatic nitrogens is 3. The van der Waals surface area contributed by atoms with E-state index in [0.29, 0.717) is 23.9 Å². The first-order valence-electron chi connectivity index (χ1n) is 9.39. The molecular weight excluding hydrogens is 446 g/mol. The van der Waals surface area contributed by atoms with Gasteiger partial charge in [-0.2, -0.15) is 0 Å². The topological polar surface area (TPSA) is 125 Å². The van der Waals surface area contributed by atoms with E-state index in [4.69, 9.17) is 0 Å². The van der Waals surface area contributed by atoms with Crippen LogP contribution >= 0.6 is 23.1 Å². The molecule has 2 aromatic heterocycles. The predicted octanol–water partition coefficient (Wildman–Crippen LogP) is 1.28. The van der Waals surface area contributed by atoms with Gasteiger partial charge >= 0.3 is 0 Å². The first-order valence-corrected chi connectivity index (χ1v) is 13.1. The van der Waals surface area contributed by atoms with E-state index < -0.39 is 9.84 Å². The van der Waals surface area contributed by atoms with Gasteiger partial charge in [-0.3, -0.25) is 14.7 Å². The summed E-state index contributed by atoms with van der Waals surface area (Å²) in [7, 11) is -3.07. The maximum atomic E-state index is 12.5. The van der Waals surface area contributed by atoms with E-state index in [1.165, 1.54) is 16.7 Å². The van der Waals surface area contributed by atoms with E-state index in [1.54, 1.807) is 18.3 Å². The monoisotopic (exact) mass is 469 g/mol. The highest BCUT2D eigenvalue weighted by Crippen LogP contribution is 2.16. The molecule has 1 unspecified atom stereocenters.